The Hall–Kier alpha value is -3.64. The van der Waals surface area contributed by atoms with E-state index in [1.54, 1.807) is 7.11 Å². The molecule has 0 spiro atoms. The van der Waals surface area contributed by atoms with Crippen LogP contribution in [0, 0.1) is 12.8 Å². The van der Waals surface area contributed by atoms with Gasteiger partial charge in [0.25, 0.3) is 5.91 Å². The van der Waals surface area contributed by atoms with E-state index in [9.17, 15) is 23.1 Å². The number of carbonyl (C=O) groups excluding carboxylic acids is 1. The first-order chi connectivity index (χ1) is 20.0. The summed E-state index contributed by atoms with van der Waals surface area (Å²) in [5, 5.41) is 20.4. The average molecular weight is 594 g/mol. The van der Waals surface area contributed by atoms with E-state index in [0.29, 0.717) is 36.9 Å². The van der Waals surface area contributed by atoms with Gasteiger partial charge in [-0.15, -0.1) is 0 Å². The molecule has 230 valence electrons. The molecule has 2 aliphatic rings. The molecule has 2 aliphatic heterocycles. The second kappa shape index (κ2) is 15.0. The Morgan fingerprint density at radius 2 is 1.93 bits per heavy atom. The van der Waals surface area contributed by atoms with Gasteiger partial charge in [-0.2, -0.15) is 13.2 Å². The van der Waals surface area contributed by atoms with E-state index in [4.69, 9.17) is 19.4 Å². The number of aliphatic carboxylic acids is 1. The summed E-state index contributed by atoms with van der Waals surface area (Å²) < 4.78 is 42.9. The van der Waals surface area contributed by atoms with Crippen molar-refractivity contribution in [2.45, 2.75) is 58.3 Å². The predicted octanol–water partition coefficient (Wildman–Crippen LogP) is 4.23. The number of ether oxygens (including phenoxy) is 2. The number of benzene rings is 1. The number of carboxylic acids is 1. The largest absolute Gasteiger partial charge is 0.490 e. The molecule has 2 aromatic rings. The van der Waals surface area contributed by atoms with Crippen LogP contribution in [0.1, 0.15) is 52.5 Å². The van der Waals surface area contributed by atoms with Gasteiger partial charge in [-0.3, -0.25) is 4.79 Å². The number of anilines is 1. The van der Waals surface area contributed by atoms with Crippen LogP contribution < -0.4 is 15.0 Å². The van der Waals surface area contributed by atoms with Crippen LogP contribution in [-0.2, 0) is 28.9 Å². The van der Waals surface area contributed by atoms with Crippen molar-refractivity contribution in [3.63, 3.8) is 0 Å². The van der Waals surface area contributed by atoms with Crippen molar-refractivity contribution in [1.82, 2.24) is 10.3 Å². The third-order valence-corrected chi connectivity index (χ3v) is 7.29. The summed E-state index contributed by atoms with van der Waals surface area (Å²) in [7, 11) is 1.60. The third kappa shape index (κ3) is 8.45. The maximum atomic E-state index is 13.5. The summed E-state index contributed by atoms with van der Waals surface area (Å²) in [6.07, 6.45) is 2.33. The van der Waals surface area contributed by atoms with Crippen molar-refractivity contribution in [1.29, 1.82) is 0 Å². The third-order valence-electron chi connectivity index (χ3n) is 7.29. The standard InChI is InChI=1S/C28H37N3O4.C2HF3O2/c1-4-31(22-11-13-35-14-12-22)26-10-6-9-24-23(26)8-5-7-20(18-32)16-21-15-19(2)30-28(34-3)25(21)17-29-27(24)33;3-2(4,5)1(6)7/h5-7,9-10,15,20,22,32H,4,8,11-14,16-18H2,1-3H3,(H,29,33);(H,6,7). The number of aryl methyl sites for hydroxylation is 1. The first-order valence-corrected chi connectivity index (χ1v) is 13.9. The highest BCUT2D eigenvalue weighted by Gasteiger charge is 2.38. The second-order valence-electron chi connectivity index (χ2n) is 10.1. The number of hydrogen-bond acceptors (Lipinski definition) is 7. The average Bonchev–Trinajstić information content (AvgIpc) is 2.96. The predicted molar refractivity (Wildman–Crippen MR) is 151 cm³/mol. The number of methoxy groups -OCH3 is 1. The molecule has 3 N–H and O–H groups in total. The van der Waals surface area contributed by atoms with E-state index in [-0.39, 0.29) is 18.4 Å². The van der Waals surface area contributed by atoms with Crippen LogP contribution in [0.2, 0.25) is 0 Å². The molecule has 1 amide bonds. The van der Waals surface area contributed by atoms with Gasteiger partial charge in [0.2, 0.25) is 5.88 Å². The van der Waals surface area contributed by atoms with Crippen LogP contribution >= 0.6 is 0 Å². The van der Waals surface area contributed by atoms with Gasteiger partial charge in [0, 0.05) is 67.4 Å². The fourth-order valence-electron chi connectivity index (χ4n) is 5.29. The normalized spacial score (nSPS) is 17.8. The number of rotatable bonds is 5. The van der Waals surface area contributed by atoms with Crippen molar-refractivity contribution >= 4 is 17.6 Å². The number of amides is 1. The minimum absolute atomic E-state index is 0.0382. The molecule has 1 aromatic carbocycles. The van der Waals surface area contributed by atoms with E-state index in [2.05, 4.69) is 40.3 Å². The lowest BCUT2D eigenvalue weighted by Crippen LogP contribution is -2.40. The number of aliphatic hydroxyl groups is 1. The van der Waals surface area contributed by atoms with Crippen molar-refractivity contribution in [2.75, 3.05) is 38.4 Å². The number of fused-ring (bicyclic) bond motifs is 2. The van der Waals surface area contributed by atoms with Gasteiger partial charge in [-0.25, -0.2) is 9.78 Å². The Balaban J connectivity index is 0.000000616. The van der Waals surface area contributed by atoms with E-state index < -0.39 is 12.1 Å². The van der Waals surface area contributed by atoms with Crippen molar-refractivity contribution in [2.24, 2.45) is 5.92 Å². The lowest BCUT2D eigenvalue weighted by molar-refractivity contribution is -0.192. The van der Waals surface area contributed by atoms with Crippen molar-refractivity contribution < 1.29 is 42.4 Å². The van der Waals surface area contributed by atoms with Crippen molar-refractivity contribution in [3.05, 3.63) is 64.4 Å². The lowest BCUT2D eigenvalue weighted by atomic mass is 9.93. The Morgan fingerprint density at radius 3 is 2.52 bits per heavy atom. The molecule has 1 atom stereocenters. The zero-order chi connectivity index (χ0) is 30.9. The highest BCUT2D eigenvalue weighted by atomic mass is 19.4. The number of hydrogen-bond donors (Lipinski definition) is 3. The van der Waals surface area contributed by atoms with E-state index in [1.807, 2.05) is 25.1 Å². The second-order valence-corrected chi connectivity index (χ2v) is 10.1. The molecule has 9 nitrogen and oxygen atoms in total. The summed E-state index contributed by atoms with van der Waals surface area (Å²) in [5.74, 6) is -2.38. The number of carboxylic acid groups (broad SMARTS) is 1. The Bertz CT molecular complexity index is 1260. The summed E-state index contributed by atoms with van der Waals surface area (Å²) in [4.78, 5) is 29.3. The van der Waals surface area contributed by atoms with Gasteiger partial charge in [0.15, 0.2) is 0 Å². The molecule has 1 fully saturated rings. The summed E-state index contributed by atoms with van der Waals surface area (Å²) in [6.45, 7) is 6.85. The summed E-state index contributed by atoms with van der Waals surface area (Å²) in [5.41, 5.74) is 5.53. The molecule has 3 heterocycles. The number of aromatic nitrogens is 1. The number of alkyl halides is 3. The van der Waals surface area contributed by atoms with Gasteiger partial charge >= 0.3 is 12.1 Å². The fourth-order valence-corrected chi connectivity index (χ4v) is 5.29. The number of nitrogens with zero attached hydrogens (tertiary/aromatic N) is 2. The van der Waals surface area contributed by atoms with Crippen LogP contribution in [0.4, 0.5) is 18.9 Å². The van der Waals surface area contributed by atoms with Gasteiger partial charge in [0.05, 0.1) is 7.11 Å². The number of nitrogens with one attached hydrogen (secondary N) is 1. The smallest absolute Gasteiger partial charge is 0.481 e. The molecule has 4 rings (SSSR count). The van der Waals surface area contributed by atoms with Gasteiger partial charge in [0.1, 0.15) is 0 Å². The zero-order valence-corrected chi connectivity index (χ0v) is 24.0. The number of carbonyl (C=O) groups is 2. The Labute approximate surface area is 243 Å². The Morgan fingerprint density at radius 1 is 1.24 bits per heavy atom. The van der Waals surface area contributed by atoms with Crippen LogP contribution in [0.25, 0.3) is 0 Å². The molecule has 0 aliphatic carbocycles. The van der Waals surface area contributed by atoms with Crippen LogP contribution in [-0.4, -0.2) is 72.8 Å². The SMILES string of the molecule is CCN(c1cccc2c1CC=CC(CO)Cc1cc(C)nc(OC)c1CNC2=O)C1CCOCC1.O=C(O)C(F)(F)F. The maximum Gasteiger partial charge on any atom is 0.490 e. The molecule has 42 heavy (non-hydrogen) atoms. The number of aliphatic hydroxyl groups excluding tert-OH is 1. The first-order valence-electron chi connectivity index (χ1n) is 13.9. The fraction of sp³-hybridized carbons (Fsp3) is 0.500. The zero-order valence-electron chi connectivity index (χ0n) is 24.0. The molecule has 0 saturated carbocycles. The molecule has 1 saturated heterocycles. The minimum atomic E-state index is -5.08. The molecule has 1 aromatic heterocycles. The topological polar surface area (TPSA) is 121 Å². The highest BCUT2D eigenvalue weighted by Crippen LogP contribution is 2.31. The van der Waals surface area contributed by atoms with Crippen molar-refractivity contribution in [3.8, 4) is 5.88 Å². The van der Waals surface area contributed by atoms with Crippen LogP contribution in [0.5, 0.6) is 5.88 Å². The maximum absolute atomic E-state index is 13.5. The number of pyridine rings is 1. The quantitative estimate of drug-likeness (QED) is 0.441. The Kier molecular flexibility index (Phi) is 11.7. The highest BCUT2D eigenvalue weighted by molar-refractivity contribution is 5.97. The molecule has 1 unspecified atom stereocenters. The van der Waals surface area contributed by atoms with Gasteiger partial charge in [-0.1, -0.05) is 18.2 Å². The first kappa shape index (κ1) is 32.9. The molecular weight excluding hydrogens is 555 g/mol. The molecular formula is C30H38F3N3O6. The van der Waals surface area contributed by atoms with Gasteiger partial charge < -0.3 is 29.9 Å². The van der Waals surface area contributed by atoms with Gasteiger partial charge in [-0.05, 0) is 68.9 Å². The van der Waals surface area contributed by atoms with Crippen LogP contribution in [0.3, 0.4) is 0 Å². The van der Waals surface area contributed by atoms with E-state index in [0.717, 1.165) is 60.7 Å². The molecule has 12 heteroatoms. The summed E-state index contributed by atoms with van der Waals surface area (Å²) in [6, 6.07) is 8.41. The number of halogens is 3. The van der Waals surface area contributed by atoms with E-state index in [1.165, 1.54) is 0 Å². The summed E-state index contributed by atoms with van der Waals surface area (Å²) >= 11 is 0. The number of allylic oxidation sites excluding steroid dienone is 1. The monoisotopic (exact) mass is 593 g/mol. The molecule has 0 radical (unpaired) electrons. The lowest BCUT2D eigenvalue weighted by Gasteiger charge is -2.37. The van der Waals surface area contributed by atoms with Crippen LogP contribution in [0.15, 0.2) is 36.4 Å². The van der Waals surface area contributed by atoms with E-state index >= 15 is 0 Å². The molecule has 0 bridgehead atoms. The minimum Gasteiger partial charge on any atom is -0.481 e.